The third-order valence-corrected chi connectivity index (χ3v) is 4.03. The summed E-state index contributed by atoms with van der Waals surface area (Å²) >= 11 is 0. The molecular weight excluding hydrogens is 304 g/mol. The Bertz CT molecular complexity index is 591. The fourth-order valence-electron chi connectivity index (χ4n) is 2.47. The predicted octanol–water partition coefficient (Wildman–Crippen LogP) is 2.95. The summed E-state index contributed by atoms with van der Waals surface area (Å²) in [7, 11) is 0. The number of aliphatic hydroxyl groups is 1. The number of hydrogen-bond acceptors (Lipinski definition) is 5. The first kappa shape index (κ1) is 18.7. The number of oxime groups is 1. The van der Waals surface area contributed by atoms with Gasteiger partial charge in [0.15, 0.2) is 0 Å². The van der Waals surface area contributed by atoms with E-state index in [4.69, 9.17) is 9.57 Å². The van der Waals surface area contributed by atoms with Crippen molar-refractivity contribution < 1.29 is 14.7 Å². The van der Waals surface area contributed by atoms with E-state index >= 15 is 0 Å². The molecule has 134 valence electrons. The van der Waals surface area contributed by atoms with Crippen molar-refractivity contribution in [1.29, 1.82) is 0 Å². The number of nitrogens with one attached hydrogen (secondary N) is 1. The lowest BCUT2D eigenvalue weighted by Crippen LogP contribution is -2.42. The molecule has 0 saturated carbocycles. The van der Waals surface area contributed by atoms with Gasteiger partial charge in [-0.3, -0.25) is 0 Å². The van der Waals surface area contributed by atoms with Crippen molar-refractivity contribution in [2.75, 3.05) is 19.8 Å². The molecule has 0 aliphatic carbocycles. The maximum atomic E-state index is 9.99. The lowest BCUT2D eigenvalue weighted by Gasteiger charge is -2.22. The van der Waals surface area contributed by atoms with Crippen LogP contribution in [0.3, 0.4) is 0 Å². The van der Waals surface area contributed by atoms with Crippen LogP contribution < -0.4 is 10.1 Å². The van der Waals surface area contributed by atoms with Gasteiger partial charge in [0.2, 0.25) is 0 Å². The molecule has 0 saturated heterocycles. The Hall–Kier alpha value is -1.59. The lowest BCUT2D eigenvalue weighted by molar-refractivity contribution is 0.0371. The van der Waals surface area contributed by atoms with Gasteiger partial charge in [-0.1, -0.05) is 5.16 Å². The number of β-amino-alcohol motifs (C(OH)–C–C–N with tert-alkyl or cyclic N) is 1. The number of ether oxygens (including phenoxy) is 1. The van der Waals surface area contributed by atoms with E-state index in [2.05, 4.69) is 57.2 Å². The SMILES string of the molecule is Cc1cc2c(cc1C)/C(=N/OCC(O)CNC(C)(C)C)CCCO2. The van der Waals surface area contributed by atoms with Crippen molar-refractivity contribution in [3.8, 4) is 5.75 Å². The summed E-state index contributed by atoms with van der Waals surface area (Å²) in [6, 6.07) is 4.17. The molecule has 0 aromatic heterocycles. The van der Waals surface area contributed by atoms with Crippen molar-refractivity contribution in [3.63, 3.8) is 0 Å². The lowest BCUT2D eigenvalue weighted by atomic mass is 10.0. The smallest absolute Gasteiger partial charge is 0.144 e. The zero-order chi connectivity index (χ0) is 17.7. The van der Waals surface area contributed by atoms with Crippen LogP contribution >= 0.6 is 0 Å². The van der Waals surface area contributed by atoms with Gasteiger partial charge in [-0.15, -0.1) is 0 Å². The molecule has 0 spiro atoms. The van der Waals surface area contributed by atoms with Gasteiger partial charge in [-0.25, -0.2) is 0 Å². The first-order valence-electron chi connectivity index (χ1n) is 8.62. The van der Waals surface area contributed by atoms with Gasteiger partial charge in [-0.05, 0) is 70.7 Å². The third-order valence-electron chi connectivity index (χ3n) is 4.03. The molecule has 0 amide bonds. The van der Waals surface area contributed by atoms with Crippen LogP contribution in [0.15, 0.2) is 17.3 Å². The summed E-state index contributed by atoms with van der Waals surface area (Å²) in [5.74, 6) is 0.868. The highest BCUT2D eigenvalue weighted by Crippen LogP contribution is 2.28. The first-order chi connectivity index (χ1) is 11.3. The Morgan fingerprint density at radius 2 is 2.00 bits per heavy atom. The molecular formula is C19H30N2O3. The molecule has 1 aliphatic heterocycles. The van der Waals surface area contributed by atoms with Crippen LogP contribution in [0.1, 0.15) is 50.3 Å². The van der Waals surface area contributed by atoms with Gasteiger partial charge in [0.25, 0.3) is 0 Å². The fraction of sp³-hybridized carbons (Fsp3) is 0.632. The first-order valence-corrected chi connectivity index (χ1v) is 8.62. The molecule has 1 aromatic carbocycles. The van der Waals surface area contributed by atoms with E-state index in [1.807, 2.05) is 0 Å². The molecule has 1 aromatic rings. The van der Waals surface area contributed by atoms with Gasteiger partial charge in [0.05, 0.1) is 12.3 Å². The van der Waals surface area contributed by atoms with E-state index in [0.29, 0.717) is 13.2 Å². The minimum absolute atomic E-state index is 0.0280. The van der Waals surface area contributed by atoms with Crippen LogP contribution in [-0.4, -0.2) is 42.2 Å². The van der Waals surface area contributed by atoms with Crippen molar-refractivity contribution in [2.45, 2.75) is 59.1 Å². The minimum atomic E-state index is -0.588. The standard InChI is InChI=1S/C19H30N2O3/c1-13-9-16-17(7-6-8-23-18(16)10-14(13)2)21-24-12-15(22)11-20-19(3,4)5/h9-10,15,20,22H,6-8,11-12H2,1-5H3/b21-17+. The van der Waals surface area contributed by atoms with Crippen molar-refractivity contribution in [3.05, 3.63) is 28.8 Å². The maximum Gasteiger partial charge on any atom is 0.144 e. The third kappa shape index (κ3) is 5.49. The summed E-state index contributed by atoms with van der Waals surface area (Å²) in [4.78, 5) is 5.43. The Kier molecular flexibility index (Phi) is 6.24. The summed E-state index contributed by atoms with van der Waals surface area (Å²) in [5.41, 5.74) is 4.28. The molecule has 0 fully saturated rings. The highest BCUT2D eigenvalue weighted by molar-refractivity contribution is 6.03. The molecule has 0 radical (unpaired) electrons. The van der Waals surface area contributed by atoms with E-state index in [1.54, 1.807) is 0 Å². The van der Waals surface area contributed by atoms with Gasteiger partial charge in [0.1, 0.15) is 18.5 Å². The predicted molar refractivity (Wildman–Crippen MR) is 96.9 cm³/mol. The van der Waals surface area contributed by atoms with E-state index in [-0.39, 0.29) is 12.1 Å². The second-order valence-electron chi connectivity index (χ2n) is 7.50. The second kappa shape index (κ2) is 7.99. The summed E-state index contributed by atoms with van der Waals surface area (Å²) in [6.07, 6.45) is 1.13. The van der Waals surface area contributed by atoms with E-state index in [1.165, 1.54) is 11.1 Å². The number of aliphatic hydroxyl groups excluding tert-OH is 1. The van der Waals surface area contributed by atoms with Crippen LogP contribution in [0.2, 0.25) is 0 Å². The molecule has 1 unspecified atom stereocenters. The highest BCUT2D eigenvalue weighted by atomic mass is 16.6. The number of hydrogen-bond donors (Lipinski definition) is 2. The van der Waals surface area contributed by atoms with Crippen molar-refractivity contribution >= 4 is 5.71 Å². The Morgan fingerprint density at radius 1 is 1.29 bits per heavy atom. The molecule has 1 atom stereocenters. The van der Waals surface area contributed by atoms with E-state index in [0.717, 1.165) is 29.9 Å². The molecule has 1 aliphatic rings. The van der Waals surface area contributed by atoms with E-state index < -0.39 is 6.10 Å². The summed E-state index contributed by atoms with van der Waals surface area (Å²) < 4.78 is 5.82. The van der Waals surface area contributed by atoms with Crippen LogP contribution in [0.4, 0.5) is 0 Å². The maximum absolute atomic E-state index is 9.99. The molecule has 0 bridgehead atoms. The number of fused-ring (bicyclic) bond motifs is 1. The van der Waals surface area contributed by atoms with Gasteiger partial charge in [0, 0.05) is 17.6 Å². The zero-order valence-electron chi connectivity index (χ0n) is 15.5. The molecule has 2 rings (SSSR count). The van der Waals surface area contributed by atoms with Crippen LogP contribution in [0.25, 0.3) is 0 Å². The second-order valence-corrected chi connectivity index (χ2v) is 7.50. The fourth-order valence-corrected chi connectivity index (χ4v) is 2.47. The Labute approximate surface area is 145 Å². The Balaban J connectivity index is 2.01. The molecule has 2 N–H and O–H groups in total. The van der Waals surface area contributed by atoms with E-state index in [9.17, 15) is 5.11 Å². The number of benzene rings is 1. The molecule has 1 heterocycles. The monoisotopic (exact) mass is 334 g/mol. The normalized spacial score (nSPS) is 17.8. The zero-order valence-corrected chi connectivity index (χ0v) is 15.5. The minimum Gasteiger partial charge on any atom is -0.493 e. The topological polar surface area (TPSA) is 63.1 Å². The van der Waals surface area contributed by atoms with Gasteiger partial charge < -0.3 is 20.0 Å². The largest absolute Gasteiger partial charge is 0.493 e. The highest BCUT2D eigenvalue weighted by Gasteiger charge is 2.18. The van der Waals surface area contributed by atoms with Crippen LogP contribution in [0, 0.1) is 13.8 Å². The average Bonchev–Trinajstić information content (AvgIpc) is 2.68. The number of aryl methyl sites for hydroxylation is 2. The average molecular weight is 334 g/mol. The molecule has 5 heteroatoms. The van der Waals surface area contributed by atoms with Gasteiger partial charge >= 0.3 is 0 Å². The van der Waals surface area contributed by atoms with Crippen LogP contribution in [0.5, 0.6) is 5.75 Å². The quantitative estimate of drug-likeness (QED) is 0.813. The van der Waals surface area contributed by atoms with Crippen molar-refractivity contribution in [2.24, 2.45) is 5.16 Å². The van der Waals surface area contributed by atoms with Gasteiger partial charge in [-0.2, -0.15) is 0 Å². The summed E-state index contributed by atoms with van der Waals surface area (Å²) in [5, 5.41) is 17.5. The summed E-state index contributed by atoms with van der Waals surface area (Å²) in [6.45, 7) is 11.7. The molecule has 5 nitrogen and oxygen atoms in total. The molecule has 24 heavy (non-hydrogen) atoms. The Morgan fingerprint density at radius 3 is 2.71 bits per heavy atom. The number of rotatable bonds is 5. The number of nitrogens with zero attached hydrogens (tertiary/aromatic N) is 1. The van der Waals surface area contributed by atoms with Crippen molar-refractivity contribution in [1.82, 2.24) is 5.32 Å². The van der Waals surface area contributed by atoms with Crippen LogP contribution in [-0.2, 0) is 4.84 Å².